The summed E-state index contributed by atoms with van der Waals surface area (Å²) >= 11 is 5.98. The Morgan fingerprint density at radius 1 is 1.05 bits per heavy atom. The van der Waals surface area contributed by atoms with Gasteiger partial charge in [-0.3, -0.25) is 0 Å². The lowest BCUT2D eigenvalue weighted by Crippen LogP contribution is -2.33. The zero-order chi connectivity index (χ0) is 13.1. The predicted molar refractivity (Wildman–Crippen MR) is 79.6 cm³/mol. The number of aromatic nitrogens is 1. The molecule has 0 amide bonds. The second-order valence-corrected chi connectivity index (χ2v) is 5.38. The third-order valence-electron chi connectivity index (χ3n) is 3.70. The van der Waals surface area contributed by atoms with Crippen LogP contribution in [0.3, 0.4) is 0 Å². The third-order valence-corrected chi connectivity index (χ3v) is 3.95. The van der Waals surface area contributed by atoms with Gasteiger partial charge in [-0.15, -0.1) is 0 Å². The standard InChI is InChI=1S/C16H17ClN2/c17-14-9-7-13(8-10-14)15-5-2-4-12-19(15)16-6-1-3-11-18-16/h1,3,6-11,15H,2,4-5,12H2. The quantitative estimate of drug-likeness (QED) is 0.802. The van der Waals surface area contributed by atoms with Crippen LogP contribution in [0, 0.1) is 0 Å². The number of nitrogens with zero attached hydrogens (tertiary/aromatic N) is 2. The van der Waals surface area contributed by atoms with E-state index >= 15 is 0 Å². The molecule has 98 valence electrons. The fraction of sp³-hybridized carbons (Fsp3) is 0.312. The van der Waals surface area contributed by atoms with Crippen LogP contribution in [-0.4, -0.2) is 11.5 Å². The van der Waals surface area contributed by atoms with Crippen molar-refractivity contribution in [1.82, 2.24) is 4.98 Å². The van der Waals surface area contributed by atoms with Crippen molar-refractivity contribution in [1.29, 1.82) is 0 Å². The molecule has 3 heteroatoms. The molecule has 0 radical (unpaired) electrons. The molecule has 1 unspecified atom stereocenters. The van der Waals surface area contributed by atoms with Gasteiger partial charge in [0.15, 0.2) is 0 Å². The van der Waals surface area contributed by atoms with E-state index in [4.69, 9.17) is 11.6 Å². The SMILES string of the molecule is Clc1ccc(C2CCCCN2c2ccccn2)cc1. The number of hydrogen-bond acceptors (Lipinski definition) is 2. The molecular weight excluding hydrogens is 256 g/mol. The highest BCUT2D eigenvalue weighted by Crippen LogP contribution is 2.34. The smallest absolute Gasteiger partial charge is 0.128 e. The third kappa shape index (κ3) is 2.74. The molecule has 1 atom stereocenters. The number of anilines is 1. The second-order valence-electron chi connectivity index (χ2n) is 4.94. The van der Waals surface area contributed by atoms with Gasteiger partial charge in [-0.1, -0.05) is 29.8 Å². The average Bonchev–Trinajstić information content (AvgIpc) is 2.49. The molecule has 1 fully saturated rings. The Labute approximate surface area is 119 Å². The Morgan fingerprint density at radius 2 is 1.89 bits per heavy atom. The van der Waals surface area contributed by atoms with Crippen LogP contribution in [-0.2, 0) is 0 Å². The zero-order valence-electron chi connectivity index (χ0n) is 10.8. The molecule has 1 aromatic heterocycles. The normalized spacial score (nSPS) is 19.4. The Bertz CT molecular complexity index is 524. The molecule has 1 aliphatic rings. The van der Waals surface area contributed by atoms with E-state index in [1.165, 1.54) is 24.8 Å². The van der Waals surface area contributed by atoms with Crippen molar-refractivity contribution in [2.75, 3.05) is 11.4 Å². The number of rotatable bonds is 2. The van der Waals surface area contributed by atoms with Crippen molar-refractivity contribution in [2.24, 2.45) is 0 Å². The molecular formula is C16H17ClN2. The minimum atomic E-state index is 0.418. The highest BCUT2D eigenvalue weighted by molar-refractivity contribution is 6.30. The number of halogens is 1. The molecule has 0 aliphatic carbocycles. The Balaban J connectivity index is 1.91. The van der Waals surface area contributed by atoms with Crippen molar-refractivity contribution in [3.8, 4) is 0 Å². The maximum atomic E-state index is 5.98. The molecule has 0 N–H and O–H groups in total. The summed E-state index contributed by atoms with van der Waals surface area (Å²) in [5, 5.41) is 0.795. The summed E-state index contributed by atoms with van der Waals surface area (Å²) in [6, 6.07) is 14.7. The van der Waals surface area contributed by atoms with E-state index in [2.05, 4.69) is 34.1 Å². The highest BCUT2D eigenvalue weighted by atomic mass is 35.5. The Hall–Kier alpha value is -1.54. The molecule has 1 saturated heterocycles. The van der Waals surface area contributed by atoms with Gasteiger partial charge in [-0.05, 0) is 49.1 Å². The minimum absolute atomic E-state index is 0.418. The largest absolute Gasteiger partial charge is 0.350 e. The van der Waals surface area contributed by atoms with E-state index in [1.807, 2.05) is 24.4 Å². The fourth-order valence-electron chi connectivity index (χ4n) is 2.76. The molecule has 0 spiro atoms. The van der Waals surface area contributed by atoms with E-state index in [0.29, 0.717) is 6.04 Å². The van der Waals surface area contributed by atoms with E-state index < -0.39 is 0 Å². The van der Waals surface area contributed by atoms with Crippen LogP contribution in [0.5, 0.6) is 0 Å². The average molecular weight is 273 g/mol. The van der Waals surface area contributed by atoms with Crippen LogP contribution in [0.2, 0.25) is 5.02 Å². The van der Waals surface area contributed by atoms with Crippen LogP contribution >= 0.6 is 11.6 Å². The first-order chi connectivity index (χ1) is 9.34. The maximum absolute atomic E-state index is 5.98. The van der Waals surface area contributed by atoms with Gasteiger partial charge in [0.2, 0.25) is 0 Å². The van der Waals surface area contributed by atoms with Crippen molar-refractivity contribution < 1.29 is 0 Å². The van der Waals surface area contributed by atoms with Gasteiger partial charge in [0, 0.05) is 17.8 Å². The minimum Gasteiger partial charge on any atom is -0.350 e. The van der Waals surface area contributed by atoms with Crippen molar-refractivity contribution in [3.05, 3.63) is 59.2 Å². The first-order valence-electron chi connectivity index (χ1n) is 6.78. The summed E-state index contributed by atoms with van der Waals surface area (Å²) in [6.07, 6.45) is 5.55. The molecule has 0 saturated carbocycles. The van der Waals surface area contributed by atoms with E-state index in [1.54, 1.807) is 0 Å². The van der Waals surface area contributed by atoms with Crippen LogP contribution in [0.25, 0.3) is 0 Å². The monoisotopic (exact) mass is 272 g/mol. The molecule has 2 nitrogen and oxygen atoms in total. The fourth-order valence-corrected chi connectivity index (χ4v) is 2.89. The summed E-state index contributed by atoms with van der Waals surface area (Å²) in [6.45, 7) is 1.07. The van der Waals surface area contributed by atoms with Crippen molar-refractivity contribution in [3.63, 3.8) is 0 Å². The predicted octanol–water partition coefficient (Wildman–Crippen LogP) is 4.47. The first kappa shape index (κ1) is 12.5. The van der Waals surface area contributed by atoms with Crippen molar-refractivity contribution >= 4 is 17.4 Å². The lowest BCUT2D eigenvalue weighted by atomic mass is 9.95. The molecule has 0 bridgehead atoms. The Kier molecular flexibility index (Phi) is 3.69. The first-order valence-corrected chi connectivity index (χ1v) is 7.15. The molecule has 1 aromatic carbocycles. The van der Waals surface area contributed by atoms with Gasteiger partial charge in [0.05, 0.1) is 6.04 Å². The lowest BCUT2D eigenvalue weighted by Gasteiger charge is -2.37. The topological polar surface area (TPSA) is 16.1 Å². The van der Waals surface area contributed by atoms with Crippen LogP contribution in [0.15, 0.2) is 48.7 Å². The zero-order valence-corrected chi connectivity index (χ0v) is 11.6. The number of pyridine rings is 1. The number of hydrogen-bond donors (Lipinski definition) is 0. The molecule has 1 aliphatic heterocycles. The molecule has 3 rings (SSSR count). The van der Waals surface area contributed by atoms with Crippen molar-refractivity contribution in [2.45, 2.75) is 25.3 Å². The lowest BCUT2D eigenvalue weighted by molar-refractivity contribution is 0.469. The highest BCUT2D eigenvalue weighted by Gasteiger charge is 2.24. The maximum Gasteiger partial charge on any atom is 0.128 e. The van der Waals surface area contributed by atoms with Gasteiger partial charge in [-0.2, -0.15) is 0 Å². The van der Waals surface area contributed by atoms with E-state index in [9.17, 15) is 0 Å². The summed E-state index contributed by atoms with van der Waals surface area (Å²) < 4.78 is 0. The summed E-state index contributed by atoms with van der Waals surface area (Å²) in [5.41, 5.74) is 1.33. The molecule has 2 heterocycles. The van der Waals surface area contributed by atoms with Crippen LogP contribution < -0.4 is 4.90 Å². The van der Waals surface area contributed by atoms with E-state index in [0.717, 1.165) is 17.4 Å². The van der Waals surface area contributed by atoms with Crippen LogP contribution in [0.4, 0.5) is 5.82 Å². The van der Waals surface area contributed by atoms with Gasteiger partial charge in [-0.25, -0.2) is 4.98 Å². The van der Waals surface area contributed by atoms with Gasteiger partial charge in [0.25, 0.3) is 0 Å². The van der Waals surface area contributed by atoms with Gasteiger partial charge < -0.3 is 4.90 Å². The summed E-state index contributed by atoms with van der Waals surface area (Å²) in [7, 11) is 0. The summed E-state index contributed by atoms with van der Waals surface area (Å²) in [5.74, 6) is 1.07. The van der Waals surface area contributed by atoms with Gasteiger partial charge >= 0.3 is 0 Å². The second kappa shape index (κ2) is 5.62. The molecule has 19 heavy (non-hydrogen) atoms. The summed E-state index contributed by atoms with van der Waals surface area (Å²) in [4.78, 5) is 6.91. The number of piperidine rings is 1. The van der Waals surface area contributed by atoms with Gasteiger partial charge in [0.1, 0.15) is 5.82 Å². The van der Waals surface area contributed by atoms with E-state index in [-0.39, 0.29) is 0 Å². The Morgan fingerprint density at radius 3 is 2.63 bits per heavy atom. The number of benzene rings is 1. The molecule has 2 aromatic rings. The van der Waals surface area contributed by atoms with Crippen LogP contribution in [0.1, 0.15) is 30.9 Å².